The number of hydrogen-bond donors (Lipinski definition) is 1. The van der Waals surface area contributed by atoms with Crippen molar-refractivity contribution in [2.75, 3.05) is 5.75 Å². The van der Waals surface area contributed by atoms with Crippen LogP contribution in [0.4, 0.5) is 8.78 Å². The van der Waals surface area contributed by atoms with Gasteiger partial charge in [0.1, 0.15) is 5.25 Å². The van der Waals surface area contributed by atoms with Crippen molar-refractivity contribution in [3.63, 3.8) is 0 Å². The van der Waals surface area contributed by atoms with Crippen LogP contribution in [0.3, 0.4) is 0 Å². The second-order valence-corrected chi connectivity index (χ2v) is 5.46. The highest BCUT2D eigenvalue weighted by atomic mass is 32.2. The van der Waals surface area contributed by atoms with Gasteiger partial charge in [0.2, 0.25) is 6.43 Å². The summed E-state index contributed by atoms with van der Waals surface area (Å²) in [5.74, 6) is -1.33. The van der Waals surface area contributed by atoms with Crippen molar-refractivity contribution in [3.05, 3.63) is 0 Å². The van der Waals surface area contributed by atoms with E-state index < -0.39 is 34.9 Å². The number of aliphatic carboxylic acids is 1. The zero-order valence-electron chi connectivity index (χ0n) is 8.78. The van der Waals surface area contributed by atoms with Gasteiger partial charge in [-0.1, -0.05) is 13.8 Å². The molecule has 3 nitrogen and oxygen atoms in total. The van der Waals surface area contributed by atoms with Gasteiger partial charge in [0.15, 0.2) is 0 Å². The van der Waals surface area contributed by atoms with Crippen LogP contribution >= 0.6 is 0 Å². The van der Waals surface area contributed by atoms with Crippen LogP contribution in [0, 0.1) is 5.92 Å². The zero-order chi connectivity index (χ0) is 12.0. The third-order valence-corrected chi connectivity index (χ3v) is 3.48. The summed E-state index contributed by atoms with van der Waals surface area (Å²) >= 11 is 0. The molecular formula is C9H16F2O3S. The van der Waals surface area contributed by atoms with Crippen molar-refractivity contribution in [1.82, 2.24) is 0 Å². The minimum Gasteiger partial charge on any atom is -0.480 e. The topological polar surface area (TPSA) is 54.4 Å². The van der Waals surface area contributed by atoms with E-state index in [0.717, 1.165) is 0 Å². The van der Waals surface area contributed by atoms with E-state index in [1.165, 1.54) is 0 Å². The lowest BCUT2D eigenvalue weighted by Crippen LogP contribution is -2.29. The van der Waals surface area contributed by atoms with Crippen molar-refractivity contribution in [1.29, 1.82) is 0 Å². The van der Waals surface area contributed by atoms with E-state index in [2.05, 4.69) is 0 Å². The molecule has 2 atom stereocenters. The fraction of sp³-hybridized carbons (Fsp3) is 0.889. The van der Waals surface area contributed by atoms with Gasteiger partial charge in [-0.15, -0.1) is 0 Å². The summed E-state index contributed by atoms with van der Waals surface area (Å²) < 4.78 is 35.1. The van der Waals surface area contributed by atoms with Gasteiger partial charge >= 0.3 is 5.97 Å². The summed E-state index contributed by atoms with van der Waals surface area (Å²) in [7, 11) is -1.71. The molecule has 0 spiro atoms. The molecule has 0 aliphatic heterocycles. The van der Waals surface area contributed by atoms with E-state index in [9.17, 15) is 17.8 Å². The Balaban J connectivity index is 4.23. The van der Waals surface area contributed by atoms with E-state index >= 15 is 0 Å². The van der Waals surface area contributed by atoms with Crippen molar-refractivity contribution in [2.24, 2.45) is 5.92 Å². The largest absolute Gasteiger partial charge is 0.480 e. The van der Waals surface area contributed by atoms with Crippen molar-refractivity contribution >= 4 is 16.8 Å². The van der Waals surface area contributed by atoms with Crippen molar-refractivity contribution in [2.45, 2.75) is 38.4 Å². The third-order valence-electron chi connectivity index (χ3n) is 1.82. The van der Waals surface area contributed by atoms with Crippen LogP contribution in [-0.4, -0.2) is 32.7 Å². The molecule has 0 rings (SSSR count). The first kappa shape index (κ1) is 14.5. The molecular weight excluding hydrogens is 226 g/mol. The van der Waals surface area contributed by atoms with Crippen molar-refractivity contribution in [3.8, 4) is 0 Å². The highest BCUT2D eigenvalue weighted by Crippen LogP contribution is 2.13. The fourth-order valence-corrected chi connectivity index (χ4v) is 2.62. The fourth-order valence-electron chi connectivity index (χ4n) is 1.10. The maximum atomic E-state index is 11.8. The number of hydrogen-bond acceptors (Lipinski definition) is 2. The average molecular weight is 242 g/mol. The van der Waals surface area contributed by atoms with E-state index in [-0.39, 0.29) is 18.1 Å². The Kier molecular flexibility index (Phi) is 6.63. The van der Waals surface area contributed by atoms with Gasteiger partial charge in [-0.25, -0.2) is 8.78 Å². The van der Waals surface area contributed by atoms with Crippen LogP contribution < -0.4 is 0 Å². The number of rotatable bonds is 7. The first-order valence-corrected chi connectivity index (χ1v) is 6.11. The molecule has 0 aliphatic rings. The summed E-state index contributed by atoms with van der Waals surface area (Å²) in [4.78, 5) is 10.7. The summed E-state index contributed by atoms with van der Waals surface area (Å²) in [6, 6.07) is 0. The van der Waals surface area contributed by atoms with Crippen LogP contribution in [0.5, 0.6) is 0 Å². The molecule has 0 amide bonds. The molecule has 0 radical (unpaired) electrons. The summed E-state index contributed by atoms with van der Waals surface area (Å²) in [5, 5.41) is 7.75. The molecule has 0 aliphatic carbocycles. The standard InChI is InChI=1S/C9H16F2O3S/c1-6(2)5-7(9(12)13)15(14)4-3-8(10)11/h6-8H,3-5H2,1-2H3,(H,12,13). The molecule has 90 valence electrons. The van der Waals surface area contributed by atoms with Gasteiger partial charge in [0, 0.05) is 23.0 Å². The maximum absolute atomic E-state index is 11.8. The predicted octanol–water partition coefficient (Wildman–Crippen LogP) is 1.89. The Morgan fingerprint density at radius 2 is 1.93 bits per heavy atom. The molecule has 0 saturated carbocycles. The van der Waals surface area contributed by atoms with Crippen LogP contribution in [0.25, 0.3) is 0 Å². The first-order valence-electron chi connectivity index (χ1n) is 4.72. The monoisotopic (exact) mass is 242 g/mol. The Bertz CT molecular complexity index is 231. The summed E-state index contributed by atoms with van der Waals surface area (Å²) in [6.07, 6.45) is -2.78. The molecule has 0 saturated heterocycles. The summed E-state index contributed by atoms with van der Waals surface area (Å²) in [6.45, 7) is 3.61. The smallest absolute Gasteiger partial charge is 0.319 e. The van der Waals surface area contributed by atoms with Gasteiger partial charge in [0.25, 0.3) is 0 Å². The molecule has 0 heterocycles. The molecule has 0 aromatic carbocycles. The molecule has 0 bridgehead atoms. The van der Waals surface area contributed by atoms with Crippen LogP contribution in [0.15, 0.2) is 0 Å². The number of alkyl halides is 2. The predicted molar refractivity (Wildman–Crippen MR) is 54.5 cm³/mol. The van der Waals surface area contributed by atoms with E-state index in [0.29, 0.717) is 0 Å². The normalized spacial score (nSPS) is 15.6. The quantitative estimate of drug-likeness (QED) is 0.741. The lowest BCUT2D eigenvalue weighted by atomic mass is 10.1. The lowest BCUT2D eigenvalue weighted by Gasteiger charge is -2.14. The molecule has 6 heteroatoms. The second kappa shape index (κ2) is 6.87. The Morgan fingerprint density at radius 1 is 1.40 bits per heavy atom. The van der Waals surface area contributed by atoms with Crippen LogP contribution in [0.1, 0.15) is 26.7 Å². The molecule has 2 unspecified atom stereocenters. The molecule has 0 aromatic rings. The van der Waals surface area contributed by atoms with Crippen LogP contribution in [-0.2, 0) is 15.6 Å². The Hall–Kier alpha value is -0.520. The Morgan fingerprint density at radius 3 is 2.27 bits per heavy atom. The number of carboxylic acids is 1. The highest BCUT2D eigenvalue weighted by Gasteiger charge is 2.25. The van der Waals surface area contributed by atoms with Crippen LogP contribution in [0.2, 0.25) is 0 Å². The number of carboxylic acid groups (broad SMARTS) is 1. The Labute approximate surface area is 90.3 Å². The minimum atomic E-state index is -2.53. The molecule has 0 fully saturated rings. The summed E-state index contributed by atoms with van der Waals surface area (Å²) in [5.41, 5.74) is 0. The second-order valence-electron chi connectivity index (χ2n) is 3.72. The third kappa shape index (κ3) is 6.54. The molecule has 0 aromatic heterocycles. The van der Waals surface area contributed by atoms with Gasteiger partial charge in [-0.05, 0) is 12.3 Å². The van der Waals surface area contributed by atoms with E-state index in [1.54, 1.807) is 13.8 Å². The van der Waals surface area contributed by atoms with E-state index in [1.807, 2.05) is 0 Å². The number of carbonyl (C=O) groups is 1. The molecule has 1 N–H and O–H groups in total. The SMILES string of the molecule is CC(C)CC(C(=O)O)S(=O)CCC(F)F. The van der Waals surface area contributed by atoms with Gasteiger partial charge in [-0.2, -0.15) is 0 Å². The lowest BCUT2D eigenvalue weighted by molar-refractivity contribution is -0.136. The van der Waals surface area contributed by atoms with E-state index in [4.69, 9.17) is 5.11 Å². The highest BCUT2D eigenvalue weighted by molar-refractivity contribution is 7.86. The number of halogens is 2. The van der Waals surface area contributed by atoms with Crippen molar-refractivity contribution < 1.29 is 22.9 Å². The van der Waals surface area contributed by atoms with Gasteiger partial charge in [0.05, 0.1) is 0 Å². The molecule has 15 heavy (non-hydrogen) atoms. The van der Waals surface area contributed by atoms with Gasteiger partial charge in [-0.3, -0.25) is 9.00 Å². The van der Waals surface area contributed by atoms with Gasteiger partial charge < -0.3 is 5.11 Å². The first-order chi connectivity index (χ1) is 6.84. The zero-order valence-corrected chi connectivity index (χ0v) is 9.60. The average Bonchev–Trinajstić information content (AvgIpc) is 2.09. The minimum absolute atomic E-state index is 0.0848. The maximum Gasteiger partial charge on any atom is 0.319 e.